The third-order valence-corrected chi connectivity index (χ3v) is 3.98. The molecule has 0 unspecified atom stereocenters. The van der Waals surface area contributed by atoms with E-state index in [1.807, 2.05) is 18.2 Å². The summed E-state index contributed by atoms with van der Waals surface area (Å²) in [6.45, 7) is -0.587. The molecule has 0 aliphatic rings. The molecular formula is C20H14N4O5. The molecule has 0 aliphatic heterocycles. The zero-order chi connectivity index (χ0) is 20.2. The number of fused-ring (bicyclic) bond motifs is 1. The number of amides is 1. The number of nitrogens with zero attached hydrogens (tertiary/aromatic N) is 2. The largest absolute Gasteiger partial charge is 0.451 e. The minimum absolute atomic E-state index is 0.0503. The Morgan fingerprint density at radius 3 is 2.62 bits per heavy atom. The van der Waals surface area contributed by atoms with E-state index in [-0.39, 0.29) is 23.0 Å². The summed E-state index contributed by atoms with van der Waals surface area (Å²) >= 11 is 0. The second-order valence-corrected chi connectivity index (χ2v) is 6.00. The first-order valence-electron chi connectivity index (χ1n) is 8.58. The van der Waals surface area contributed by atoms with Gasteiger partial charge in [-0.05, 0) is 24.3 Å². The molecule has 4 aromatic rings. The van der Waals surface area contributed by atoms with E-state index in [0.29, 0.717) is 16.5 Å². The summed E-state index contributed by atoms with van der Waals surface area (Å²) in [4.78, 5) is 39.0. The van der Waals surface area contributed by atoms with Crippen LogP contribution < -0.4 is 10.7 Å². The van der Waals surface area contributed by atoms with Gasteiger partial charge in [-0.3, -0.25) is 14.9 Å². The van der Waals surface area contributed by atoms with E-state index in [0.717, 1.165) is 6.07 Å². The SMILES string of the molecule is O=C(COC(=O)c1cc(=O)c2ccccc2[nH]1)Nc1nnc(-c2ccccc2)o1. The van der Waals surface area contributed by atoms with E-state index in [1.165, 1.54) is 0 Å². The molecule has 0 fully saturated rings. The van der Waals surface area contributed by atoms with Gasteiger partial charge >= 0.3 is 12.0 Å². The number of nitrogens with one attached hydrogen (secondary N) is 2. The van der Waals surface area contributed by atoms with Crippen LogP contribution in [0.25, 0.3) is 22.4 Å². The lowest BCUT2D eigenvalue weighted by Gasteiger charge is -2.05. The number of aromatic nitrogens is 3. The van der Waals surface area contributed by atoms with Gasteiger partial charge in [-0.25, -0.2) is 4.79 Å². The number of hydrogen-bond acceptors (Lipinski definition) is 7. The average Bonchev–Trinajstić information content (AvgIpc) is 3.21. The molecule has 0 saturated carbocycles. The molecule has 2 aromatic carbocycles. The molecule has 0 atom stereocenters. The Labute approximate surface area is 163 Å². The van der Waals surface area contributed by atoms with E-state index in [1.54, 1.807) is 36.4 Å². The fraction of sp³-hybridized carbons (Fsp3) is 0.0500. The number of carbonyl (C=O) groups excluding carboxylic acids is 2. The van der Waals surface area contributed by atoms with Gasteiger partial charge in [-0.1, -0.05) is 35.4 Å². The van der Waals surface area contributed by atoms with E-state index in [2.05, 4.69) is 20.5 Å². The monoisotopic (exact) mass is 390 g/mol. The van der Waals surface area contributed by atoms with Crippen molar-refractivity contribution in [2.75, 3.05) is 11.9 Å². The quantitative estimate of drug-likeness (QED) is 0.501. The number of para-hydroxylation sites is 1. The third kappa shape index (κ3) is 4.03. The molecule has 9 heteroatoms. The van der Waals surface area contributed by atoms with Gasteiger partial charge in [-0.15, -0.1) is 5.10 Å². The maximum absolute atomic E-state index is 12.2. The standard InChI is InChI=1S/C20H14N4O5/c25-16-10-15(21-14-9-5-4-8-13(14)16)19(27)28-11-17(26)22-20-24-23-18(29-20)12-6-2-1-3-7-12/h1-10H,11H2,(H,21,25)(H,22,24,26). The van der Waals surface area contributed by atoms with Crippen LogP contribution in [0.5, 0.6) is 0 Å². The number of anilines is 1. The van der Waals surface area contributed by atoms with E-state index in [9.17, 15) is 14.4 Å². The van der Waals surface area contributed by atoms with Crippen LogP contribution in [0, 0.1) is 0 Å². The number of hydrogen-bond donors (Lipinski definition) is 2. The molecular weight excluding hydrogens is 376 g/mol. The highest BCUT2D eigenvalue weighted by atomic mass is 16.5. The van der Waals surface area contributed by atoms with Crippen molar-refractivity contribution in [3.8, 4) is 11.5 Å². The summed E-state index contributed by atoms with van der Waals surface area (Å²) in [6, 6.07) is 16.8. The third-order valence-electron chi connectivity index (χ3n) is 3.98. The lowest BCUT2D eigenvalue weighted by Crippen LogP contribution is -2.22. The number of H-pyrrole nitrogens is 1. The molecule has 2 aromatic heterocycles. The lowest BCUT2D eigenvalue weighted by molar-refractivity contribution is -0.119. The molecule has 9 nitrogen and oxygen atoms in total. The summed E-state index contributed by atoms with van der Waals surface area (Å²) in [7, 11) is 0. The van der Waals surface area contributed by atoms with Crippen LogP contribution in [0.4, 0.5) is 6.01 Å². The average molecular weight is 390 g/mol. The van der Waals surface area contributed by atoms with Gasteiger partial charge in [0.2, 0.25) is 5.89 Å². The molecule has 4 rings (SSSR count). The fourth-order valence-electron chi connectivity index (χ4n) is 2.64. The highest BCUT2D eigenvalue weighted by molar-refractivity contribution is 5.94. The number of aromatic amines is 1. The van der Waals surface area contributed by atoms with Gasteiger partial charge in [0.05, 0.1) is 0 Å². The van der Waals surface area contributed by atoms with Crippen LogP contribution in [0.1, 0.15) is 10.5 Å². The van der Waals surface area contributed by atoms with Crippen LogP contribution >= 0.6 is 0 Å². The fourth-order valence-corrected chi connectivity index (χ4v) is 2.64. The zero-order valence-electron chi connectivity index (χ0n) is 14.9. The van der Waals surface area contributed by atoms with Crippen LogP contribution in [-0.2, 0) is 9.53 Å². The number of ether oxygens (including phenoxy) is 1. The number of esters is 1. The summed E-state index contributed by atoms with van der Waals surface area (Å²) in [5.41, 5.74) is 0.823. The van der Waals surface area contributed by atoms with Crippen LogP contribution in [0.15, 0.2) is 69.9 Å². The summed E-state index contributed by atoms with van der Waals surface area (Å²) in [5, 5.41) is 10.4. The maximum atomic E-state index is 12.2. The number of carbonyl (C=O) groups is 2. The topological polar surface area (TPSA) is 127 Å². The van der Waals surface area contributed by atoms with Crippen LogP contribution in [0.2, 0.25) is 0 Å². The Morgan fingerprint density at radius 1 is 1.03 bits per heavy atom. The molecule has 0 spiro atoms. The highest BCUT2D eigenvalue weighted by Gasteiger charge is 2.15. The van der Waals surface area contributed by atoms with E-state index in [4.69, 9.17) is 9.15 Å². The number of benzene rings is 2. The smallest absolute Gasteiger partial charge is 0.355 e. The summed E-state index contributed by atoms with van der Waals surface area (Å²) in [5.74, 6) is -1.25. The van der Waals surface area contributed by atoms with Gasteiger partial charge in [-0.2, -0.15) is 0 Å². The second-order valence-electron chi connectivity index (χ2n) is 6.00. The molecule has 2 N–H and O–H groups in total. The Kier molecular flexibility index (Phi) is 4.85. The molecule has 0 saturated heterocycles. The minimum Gasteiger partial charge on any atom is -0.451 e. The number of rotatable bonds is 5. The molecule has 0 radical (unpaired) electrons. The lowest BCUT2D eigenvalue weighted by atomic mass is 10.2. The van der Waals surface area contributed by atoms with Gasteiger partial charge < -0.3 is 14.1 Å². The first kappa shape index (κ1) is 18.1. The second kappa shape index (κ2) is 7.77. The van der Waals surface area contributed by atoms with Crippen molar-refractivity contribution in [1.29, 1.82) is 0 Å². The Bertz CT molecular complexity index is 1250. The summed E-state index contributed by atoms with van der Waals surface area (Å²) < 4.78 is 10.3. The minimum atomic E-state index is -0.835. The van der Waals surface area contributed by atoms with Crippen molar-refractivity contribution in [1.82, 2.24) is 15.2 Å². The normalized spacial score (nSPS) is 10.6. The molecule has 0 aliphatic carbocycles. The van der Waals surface area contributed by atoms with Crippen molar-refractivity contribution >= 4 is 28.8 Å². The van der Waals surface area contributed by atoms with Crippen LogP contribution in [-0.4, -0.2) is 33.7 Å². The Morgan fingerprint density at radius 2 is 1.79 bits per heavy atom. The number of pyridine rings is 1. The Hall–Kier alpha value is -4.27. The molecule has 2 heterocycles. The van der Waals surface area contributed by atoms with Gasteiger partial charge in [0, 0.05) is 22.5 Å². The van der Waals surface area contributed by atoms with Crippen molar-refractivity contribution < 1.29 is 18.7 Å². The van der Waals surface area contributed by atoms with Gasteiger partial charge in [0.25, 0.3) is 5.91 Å². The first-order valence-corrected chi connectivity index (χ1v) is 8.58. The van der Waals surface area contributed by atoms with Crippen LogP contribution in [0.3, 0.4) is 0 Å². The molecule has 0 bridgehead atoms. The van der Waals surface area contributed by atoms with Crippen molar-refractivity contribution in [3.05, 3.63) is 76.6 Å². The highest BCUT2D eigenvalue weighted by Crippen LogP contribution is 2.18. The zero-order valence-corrected chi connectivity index (χ0v) is 14.9. The molecule has 144 valence electrons. The van der Waals surface area contributed by atoms with Crippen molar-refractivity contribution in [2.45, 2.75) is 0 Å². The van der Waals surface area contributed by atoms with Crippen molar-refractivity contribution in [3.63, 3.8) is 0 Å². The summed E-state index contributed by atoms with van der Waals surface area (Å²) in [6.07, 6.45) is 0. The van der Waals surface area contributed by atoms with Gasteiger partial charge in [0.1, 0.15) is 5.69 Å². The van der Waals surface area contributed by atoms with Crippen molar-refractivity contribution in [2.24, 2.45) is 0 Å². The predicted molar refractivity (Wildman–Crippen MR) is 103 cm³/mol. The van der Waals surface area contributed by atoms with E-state index >= 15 is 0 Å². The maximum Gasteiger partial charge on any atom is 0.355 e. The molecule has 29 heavy (non-hydrogen) atoms. The predicted octanol–water partition coefficient (Wildman–Crippen LogP) is 2.37. The first-order chi connectivity index (χ1) is 14.1. The Balaban J connectivity index is 1.38. The van der Waals surface area contributed by atoms with Gasteiger partial charge in [0.15, 0.2) is 12.0 Å². The van der Waals surface area contributed by atoms with E-state index < -0.39 is 18.5 Å². The molecule has 1 amide bonds.